The summed E-state index contributed by atoms with van der Waals surface area (Å²) in [5, 5.41) is 39.7. The Balaban J connectivity index is 1.46. The summed E-state index contributed by atoms with van der Waals surface area (Å²) < 4.78 is 6.10. The number of carbonyl (C=O) groups is 6. The number of aliphatic hydroxyl groups is 2. The minimum Gasteiger partial charge on any atom is -0.508 e. The van der Waals surface area contributed by atoms with E-state index >= 15 is 0 Å². The molecule has 15 nitrogen and oxygen atoms in total. The lowest BCUT2D eigenvalue weighted by molar-refractivity contribution is -0.156. The molecule has 2 aromatic rings. The number of nitrogens with zero attached hydrogens (tertiary/aromatic N) is 2. The van der Waals surface area contributed by atoms with E-state index in [9.17, 15) is 44.1 Å². The molecule has 4 amide bonds. The Morgan fingerprint density at radius 1 is 0.969 bits per heavy atom. The Morgan fingerprint density at radius 2 is 1.73 bits per heavy atom. The van der Waals surface area contributed by atoms with E-state index < -0.39 is 77.9 Å². The van der Waals surface area contributed by atoms with Crippen LogP contribution in [0.2, 0.25) is 0 Å². The summed E-state index contributed by atoms with van der Waals surface area (Å²) in [7, 11) is 0. The van der Waals surface area contributed by atoms with Crippen molar-refractivity contribution >= 4 is 41.1 Å². The van der Waals surface area contributed by atoms with E-state index in [4.69, 9.17) is 4.74 Å². The summed E-state index contributed by atoms with van der Waals surface area (Å²) in [6.07, 6.45) is 9.40. The minimum atomic E-state index is -1.42. The molecule has 1 unspecified atom stereocenters. The van der Waals surface area contributed by atoms with Gasteiger partial charge in [0.05, 0.1) is 18.1 Å². The number of ether oxygens (including phenoxy) is 1. The number of phenolic OH excluding ortho intramolecular Hbond substituents is 1. The van der Waals surface area contributed by atoms with Gasteiger partial charge in [0.2, 0.25) is 11.8 Å². The van der Waals surface area contributed by atoms with Crippen LogP contribution >= 0.6 is 0 Å². The number of para-hydroxylation sites is 1. The molecule has 0 aliphatic carbocycles. The van der Waals surface area contributed by atoms with E-state index in [0.717, 1.165) is 17.7 Å². The number of benzene rings is 2. The van der Waals surface area contributed by atoms with E-state index in [1.807, 2.05) is 24.3 Å². The largest absolute Gasteiger partial charge is 0.508 e. The predicted octanol–water partition coefficient (Wildman–Crippen LogP) is 3.92. The first-order valence-corrected chi connectivity index (χ1v) is 22.1. The number of aromatic hydroxyl groups is 1. The molecule has 2 bridgehead atoms. The standard InChI is InChI=1S/C49H63N5O10/c1-30(2)44-47(61)50-39(29-34-15-12-17-36(56)28-34)48(62)54-26-13-18-38(52-54)49(63)64-42(31(3)14-11-22-43(58)53-27-25-35-16-9-10-19-40(35)53)21-8-6-7-20-41(57)33(5)45(59)37(46(60)51-44)24-23-32(4)55/h6-12,14-17,19-20,22,28,30,33,37-39,41-42,44-45,52,56-57,59H,13,18,21,23-27,29H2,1-5H3,(H,50,61)(H,51,60)/b8-6+,20-7+,22-11+,31-14+/t33-,37+,38?,39-,41-,42-,44-,45+/m0/s1. The Morgan fingerprint density at radius 3 is 2.47 bits per heavy atom. The van der Waals surface area contributed by atoms with Crippen molar-refractivity contribution in [2.75, 3.05) is 18.0 Å². The molecule has 15 heteroatoms. The number of allylic oxidation sites excluding steroid dienone is 4. The highest BCUT2D eigenvalue weighted by atomic mass is 16.5. The maximum absolute atomic E-state index is 14.4. The normalized spacial score (nSPS) is 27.8. The van der Waals surface area contributed by atoms with Crippen molar-refractivity contribution in [3.05, 3.63) is 108 Å². The number of fused-ring (bicyclic) bond motifs is 3. The molecule has 0 saturated carbocycles. The highest BCUT2D eigenvalue weighted by Crippen LogP contribution is 2.28. The van der Waals surface area contributed by atoms with Crippen molar-refractivity contribution in [2.45, 2.75) is 116 Å². The lowest BCUT2D eigenvalue weighted by atomic mass is 9.84. The highest BCUT2D eigenvalue weighted by Gasteiger charge is 2.39. The number of carbonyl (C=O) groups excluding carboxylic acids is 6. The van der Waals surface area contributed by atoms with Crippen LogP contribution in [0.1, 0.15) is 77.8 Å². The first kappa shape index (κ1) is 49.1. The van der Waals surface area contributed by atoms with Crippen molar-refractivity contribution in [3.8, 4) is 5.75 Å². The molecule has 1 fully saturated rings. The smallest absolute Gasteiger partial charge is 0.325 e. The molecule has 344 valence electrons. The summed E-state index contributed by atoms with van der Waals surface area (Å²) in [4.78, 5) is 83.4. The number of phenols is 1. The summed E-state index contributed by atoms with van der Waals surface area (Å²) in [6, 6.07) is 10.7. The second kappa shape index (κ2) is 23.2. The Hall–Kier alpha value is -5.90. The summed E-state index contributed by atoms with van der Waals surface area (Å²) in [5.74, 6) is -5.56. The third-order valence-corrected chi connectivity index (χ3v) is 12.0. The van der Waals surface area contributed by atoms with Crippen LogP contribution in [-0.2, 0) is 46.3 Å². The predicted molar refractivity (Wildman–Crippen MR) is 241 cm³/mol. The molecule has 8 atom stereocenters. The van der Waals surface area contributed by atoms with Gasteiger partial charge in [-0.15, -0.1) is 0 Å². The maximum atomic E-state index is 14.4. The van der Waals surface area contributed by atoms with Gasteiger partial charge in [-0.1, -0.05) is 87.6 Å². The molecule has 6 N–H and O–H groups in total. The molecule has 3 aliphatic heterocycles. The van der Waals surface area contributed by atoms with Crippen molar-refractivity contribution in [3.63, 3.8) is 0 Å². The number of aliphatic hydroxyl groups excluding tert-OH is 2. The van der Waals surface area contributed by atoms with Crippen molar-refractivity contribution in [2.24, 2.45) is 17.8 Å². The molecule has 0 spiro atoms. The number of nitrogens with one attached hydrogen (secondary N) is 3. The van der Waals surface area contributed by atoms with Gasteiger partial charge in [-0.05, 0) is 80.3 Å². The summed E-state index contributed by atoms with van der Waals surface area (Å²) in [5.41, 5.74) is 6.16. The van der Waals surface area contributed by atoms with Crippen LogP contribution in [0.4, 0.5) is 5.69 Å². The van der Waals surface area contributed by atoms with Crippen molar-refractivity contribution < 1.29 is 48.8 Å². The zero-order valence-electron chi connectivity index (χ0n) is 37.3. The van der Waals surface area contributed by atoms with Crippen LogP contribution in [0.25, 0.3) is 0 Å². The fourth-order valence-electron chi connectivity index (χ4n) is 8.09. The molecular weight excluding hydrogens is 819 g/mol. The Kier molecular flexibility index (Phi) is 17.8. The minimum absolute atomic E-state index is 0.0297. The number of hydrogen-bond donors (Lipinski definition) is 6. The van der Waals surface area contributed by atoms with Crippen LogP contribution in [0, 0.1) is 17.8 Å². The second-order valence-corrected chi connectivity index (χ2v) is 17.3. The molecular formula is C49H63N5O10. The molecule has 5 rings (SSSR count). The number of Topliss-reactive ketones (excluding diaryl/α,β-unsaturated/α-hetero) is 1. The fraction of sp³-hybridized carbons (Fsp3) is 0.469. The lowest BCUT2D eigenvalue weighted by Crippen LogP contribution is -2.62. The van der Waals surface area contributed by atoms with Crippen molar-refractivity contribution in [1.29, 1.82) is 0 Å². The number of amides is 4. The van der Waals surface area contributed by atoms with Crippen LogP contribution in [0.3, 0.4) is 0 Å². The zero-order valence-corrected chi connectivity index (χ0v) is 37.3. The van der Waals surface area contributed by atoms with Gasteiger partial charge in [0.15, 0.2) is 0 Å². The number of ketones is 1. The van der Waals surface area contributed by atoms with Gasteiger partial charge in [-0.25, -0.2) is 5.43 Å². The molecule has 1 saturated heterocycles. The number of esters is 1. The average Bonchev–Trinajstić information content (AvgIpc) is 3.70. The molecule has 2 aromatic carbocycles. The average molecular weight is 882 g/mol. The van der Waals surface area contributed by atoms with E-state index in [-0.39, 0.29) is 49.7 Å². The molecule has 0 radical (unpaired) electrons. The van der Waals surface area contributed by atoms with Crippen LogP contribution < -0.4 is 21.0 Å². The Labute approximate surface area is 375 Å². The molecule has 0 aromatic heterocycles. The Bertz CT molecular complexity index is 2130. The number of anilines is 1. The first-order chi connectivity index (χ1) is 30.5. The quantitative estimate of drug-likeness (QED) is 0.121. The van der Waals surface area contributed by atoms with Gasteiger partial charge in [-0.2, -0.15) is 0 Å². The van der Waals surface area contributed by atoms with Crippen LogP contribution in [0.5, 0.6) is 5.75 Å². The van der Waals surface area contributed by atoms with Crippen LogP contribution in [-0.4, -0.2) is 105 Å². The number of hydrogen-bond acceptors (Lipinski definition) is 11. The number of cyclic esters (lactones) is 1. The molecule has 64 heavy (non-hydrogen) atoms. The SMILES string of the molecule is CC(=O)CC[C@H]1C(=O)N[C@@H](C(C)C)C(=O)N[C@@H](Cc2cccc(O)c2)C(=O)N2CCCC(N2)C(=O)O[C@H](/C(C)=C/C=C/C(=O)N2CCc3ccccc32)C/C=C/C=C/[C@H](O)[C@H](C)[C@H]1O. The van der Waals surface area contributed by atoms with Gasteiger partial charge in [0.1, 0.15) is 35.8 Å². The van der Waals surface area contributed by atoms with E-state index in [1.165, 1.54) is 36.2 Å². The number of hydrazine groups is 1. The molecule has 3 heterocycles. The molecule has 3 aliphatic rings. The van der Waals surface area contributed by atoms with Gasteiger partial charge >= 0.3 is 5.97 Å². The second-order valence-electron chi connectivity index (χ2n) is 17.3. The maximum Gasteiger partial charge on any atom is 0.325 e. The van der Waals surface area contributed by atoms with E-state index in [2.05, 4.69) is 16.1 Å². The zero-order chi connectivity index (χ0) is 46.5. The van der Waals surface area contributed by atoms with Gasteiger partial charge in [0, 0.05) is 50.0 Å². The van der Waals surface area contributed by atoms with Crippen LogP contribution in [0.15, 0.2) is 96.6 Å². The first-order valence-electron chi connectivity index (χ1n) is 22.1. The topological polar surface area (TPSA) is 215 Å². The van der Waals surface area contributed by atoms with E-state index in [0.29, 0.717) is 30.5 Å². The van der Waals surface area contributed by atoms with Gasteiger partial charge in [0.25, 0.3) is 11.8 Å². The van der Waals surface area contributed by atoms with Gasteiger partial charge < -0.3 is 40.4 Å². The van der Waals surface area contributed by atoms with Gasteiger partial charge in [-0.3, -0.25) is 29.0 Å². The third kappa shape index (κ3) is 13.3. The fourth-order valence-corrected chi connectivity index (χ4v) is 8.09. The van der Waals surface area contributed by atoms with E-state index in [1.54, 1.807) is 75.1 Å². The lowest BCUT2D eigenvalue weighted by Gasteiger charge is -2.36. The summed E-state index contributed by atoms with van der Waals surface area (Å²) >= 11 is 0. The monoisotopic (exact) mass is 881 g/mol. The summed E-state index contributed by atoms with van der Waals surface area (Å²) in [6.45, 7) is 8.92. The third-order valence-electron chi connectivity index (χ3n) is 12.0. The van der Waals surface area contributed by atoms with Crippen molar-refractivity contribution in [1.82, 2.24) is 21.1 Å². The highest BCUT2D eigenvalue weighted by molar-refractivity contribution is 6.03. The number of rotatable bonds is 9.